The van der Waals surface area contributed by atoms with E-state index in [-0.39, 0.29) is 5.11 Å². The van der Waals surface area contributed by atoms with E-state index in [9.17, 15) is 0 Å². The molecule has 0 unspecified atom stereocenters. The van der Waals surface area contributed by atoms with Gasteiger partial charge in [-0.25, -0.2) is 0 Å². The van der Waals surface area contributed by atoms with Crippen molar-refractivity contribution in [2.24, 2.45) is 5.73 Å². The number of fused-ring (bicyclic) bond motifs is 1. The van der Waals surface area contributed by atoms with E-state index in [0.717, 1.165) is 30.7 Å². The van der Waals surface area contributed by atoms with Gasteiger partial charge in [0.25, 0.3) is 0 Å². The first-order valence-corrected chi connectivity index (χ1v) is 9.39. The molecule has 0 saturated carbocycles. The summed E-state index contributed by atoms with van der Waals surface area (Å²) in [7, 11) is 0. The summed E-state index contributed by atoms with van der Waals surface area (Å²) < 4.78 is 5.83. The number of thiocarbonyl (C=S) groups is 1. The smallest absolute Gasteiger partial charge is 0.168 e. The predicted octanol–water partition coefficient (Wildman–Crippen LogP) is 5.29. The SMILES string of the molecule is NC(=S)Nc1cccc(OCCCCCc2cccc3ccccc23)c1. The fraction of sp³-hybridized carbons (Fsp3) is 0.227. The molecule has 0 saturated heterocycles. The van der Waals surface area contributed by atoms with Crippen molar-refractivity contribution in [1.82, 2.24) is 0 Å². The van der Waals surface area contributed by atoms with E-state index in [1.165, 1.54) is 22.8 Å². The van der Waals surface area contributed by atoms with Gasteiger partial charge in [-0.05, 0) is 66.4 Å². The van der Waals surface area contributed by atoms with Crippen LogP contribution >= 0.6 is 12.2 Å². The largest absolute Gasteiger partial charge is 0.494 e. The maximum absolute atomic E-state index is 5.83. The number of aryl methyl sites for hydroxylation is 1. The Morgan fingerprint density at radius 3 is 2.62 bits per heavy atom. The number of unbranched alkanes of at least 4 members (excludes halogenated alkanes) is 2. The molecule has 0 atom stereocenters. The van der Waals surface area contributed by atoms with Crippen molar-refractivity contribution >= 4 is 33.8 Å². The van der Waals surface area contributed by atoms with Gasteiger partial charge < -0.3 is 15.8 Å². The van der Waals surface area contributed by atoms with E-state index in [1.807, 2.05) is 24.3 Å². The highest BCUT2D eigenvalue weighted by atomic mass is 32.1. The van der Waals surface area contributed by atoms with Crippen LogP contribution < -0.4 is 15.8 Å². The lowest BCUT2D eigenvalue weighted by atomic mass is 10.00. The first-order valence-electron chi connectivity index (χ1n) is 8.98. The summed E-state index contributed by atoms with van der Waals surface area (Å²) in [6.07, 6.45) is 4.46. The molecule has 3 N–H and O–H groups in total. The van der Waals surface area contributed by atoms with Crippen molar-refractivity contribution in [2.45, 2.75) is 25.7 Å². The molecular formula is C22H24N2OS. The number of hydrogen-bond donors (Lipinski definition) is 2. The van der Waals surface area contributed by atoms with Crippen LogP contribution in [-0.4, -0.2) is 11.7 Å². The van der Waals surface area contributed by atoms with Gasteiger partial charge in [-0.1, -0.05) is 48.5 Å². The Labute approximate surface area is 160 Å². The molecule has 3 aromatic rings. The van der Waals surface area contributed by atoms with Gasteiger partial charge in [0.1, 0.15) is 5.75 Å². The molecule has 3 nitrogen and oxygen atoms in total. The lowest BCUT2D eigenvalue weighted by Gasteiger charge is -2.09. The quantitative estimate of drug-likeness (QED) is 0.421. The minimum atomic E-state index is 0.260. The number of nitrogens with one attached hydrogen (secondary N) is 1. The fourth-order valence-corrected chi connectivity index (χ4v) is 3.22. The molecule has 0 heterocycles. The van der Waals surface area contributed by atoms with Gasteiger partial charge >= 0.3 is 0 Å². The van der Waals surface area contributed by atoms with E-state index in [4.69, 9.17) is 22.7 Å². The van der Waals surface area contributed by atoms with Gasteiger partial charge in [0.05, 0.1) is 6.61 Å². The molecule has 0 fully saturated rings. The number of rotatable bonds is 8. The number of nitrogens with two attached hydrogens (primary N) is 1. The Hall–Kier alpha value is -2.59. The molecule has 134 valence electrons. The second-order valence-electron chi connectivity index (χ2n) is 6.31. The molecular weight excluding hydrogens is 340 g/mol. The number of hydrogen-bond acceptors (Lipinski definition) is 2. The zero-order valence-electron chi connectivity index (χ0n) is 14.8. The van der Waals surface area contributed by atoms with Crippen molar-refractivity contribution in [3.05, 3.63) is 72.3 Å². The maximum atomic E-state index is 5.83. The van der Waals surface area contributed by atoms with E-state index < -0.39 is 0 Å². The summed E-state index contributed by atoms with van der Waals surface area (Å²) in [6.45, 7) is 0.714. The van der Waals surface area contributed by atoms with Crippen molar-refractivity contribution < 1.29 is 4.74 Å². The molecule has 3 rings (SSSR count). The third-order valence-corrected chi connectivity index (χ3v) is 4.44. The summed E-state index contributed by atoms with van der Waals surface area (Å²) in [5.74, 6) is 0.834. The molecule has 0 radical (unpaired) electrons. The molecule has 0 aliphatic heterocycles. The third kappa shape index (κ3) is 5.20. The summed E-state index contributed by atoms with van der Waals surface area (Å²) in [5, 5.41) is 5.86. The fourth-order valence-electron chi connectivity index (χ4n) is 3.10. The van der Waals surface area contributed by atoms with Crippen LogP contribution in [0.25, 0.3) is 10.8 Å². The lowest BCUT2D eigenvalue weighted by Crippen LogP contribution is -2.18. The minimum Gasteiger partial charge on any atom is -0.494 e. The molecule has 26 heavy (non-hydrogen) atoms. The van der Waals surface area contributed by atoms with Gasteiger partial charge in [0.2, 0.25) is 0 Å². The Morgan fingerprint density at radius 1 is 0.923 bits per heavy atom. The first-order chi connectivity index (χ1) is 12.7. The van der Waals surface area contributed by atoms with Crippen molar-refractivity contribution in [3.8, 4) is 5.75 Å². The zero-order chi connectivity index (χ0) is 18.2. The number of benzene rings is 3. The number of ether oxygens (including phenoxy) is 1. The van der Waals surface area contributed by atoms with Crippen molar-refractivity contribution in [2.75, 3.05) is 11.9 Å². The Bertz CT molecular complexity index is 873. The van der Waals surface area contributed by atoms with Gasteiger partial charge in [-0.2, -0.15) is 0 Å². The number of anilines is 1. The summed E-state index contributed by atoms with van der Waals surface area (Å²) >= 11 is 4.85. The predicted molar refractivity (Wildman–Crippen MR) is 114 cm³/mol. The minimum absolute atomic E-state index is 0.260. The summed E-state index contributed by atoms with van der Waals surface area (Å²) in [6, 6.07) is 22.8. The molecule has 4 heteroatoms. The lowest BCUT2D eigenvalue weighted by molar-refractivity contribution is 0.305. The van der Waals surface area contributed by atoms with Crippen molar-refractivity contribution in [3.63, 3.8) is 0 Å². The highest BCUT2D eigenvalue weighted by Crippen LogP contribution is 2.21. The Kier molecular flexibility index (Phi) is 6.45. The topological polar surface area (TPSA) is 47.3 Å². The van der Waals surface area contributed by atoms with Crippen molar-refractivity contribution in [1.29, 1.82) is 0 Å². The van der Waals surface area contributed by atoms with E-state index in [0.29, 0.717) is 6.61 Å². The van der Waals surface area contributed by atoms with Crippen LogP contribution in [0.5, 0.6) is 5.75 Å². The Balaban J connectivity index is 1.41. The van der Waals surface area contributed by atoms with E-state index >= 15 is 0 Å². The van der Waals surface area contributed by atoms with Crippen LogP contribution in [0.4, 0.5) is 5.69 Å². The maximum Gasteiger partial charge on any atom is 0.168 e. The highest BCUT2D eigenvalue weighted by molar-refractivity contribution is 7.80. The van der Waals surface area contributed by atoms with Gasteiger partial charge in [-0.15, -0.1) is 0 Å². The molecule has 0 spiro atoms. The first kappa shape index (κ1) is 18.2. The van der Waals surface area contributed by atoms with Gasteiger partial charge in [0, 0.05) is 11.8 Å². The normalized spacial score (nSPS) is 10.6. The standard InChI is InChI=1S/C22H24N2OS/c23-22(26)24-19-12-7-13-20(16-19)25-15-5-1-2-8-17-10-6-11-18-9-3-4-14-21(17)18/h3-4,6-7,9-14,16H,1-2,5,8,15H2,(H3,23,24,26). The molecule has 0 aliphatic carbocycles. The Morgan fingerprint density at radius 2 is 1.73 bits per heavy atom. The van der Waals surface area contributed by atoms with Crippen LogP contribution in [-0.2, 0) is 6.42 Å². The average Bonchev–Trinajstić information content (AvgIpc) is 2.64. The molecule has 0 amide bonds. The second-order valence-corrected chi connectivity index (χ2v) is 6.75. The van der Waals surface area contributed by atoms with Gasteiger partial charge in [-0.3, -0.25) is 0 Å². The van der Waals surface area contributed by atoms with Gasteiger partial charge in [0.15, 0.2) is 5.11 Å². The second kappa shape index (κ2) is 9.20. The summed E-state index contributed by atoms with van der Waals surface area (Å²) in [5.41, 5.74) is 7.78. The van der Waals surface area contributed by atoms with Crippen LogP contribution in [0.1, 0.15) is 24.8 Å². The van der Waals surface area contributed by atoms with E-state index in [2.05, 4.69) is 47.8 Å². The van der Waals surface area contributed by atoms with Crippen LogP contribution in [0.2, 0.25) is 0 Å². The molecule has 3 aromatic carbocycles. The molecule has 0 bridgehead atoms. The van der Waals surface area contributed by atoms with Crippen LogP contribution in [0.3, 0.4) is 0 Å². The van der Waals surface area contributed by atoms with Crippen LogP contribution in [0, 0.1) is 0 Å². The zero-order valence-corrected chi connectivity index (χ0v) is 15.6. The molecule has 0 aliphatic rings. The highest BCUT2D eigenvalue weighted by Gasteiger charge is 2.01. The summed E-state index contributed by atoms with van der Waals surface area (Å²) in [4.78, 5) is 0. The third-order valence-electron chi connectivity index (χ3n) is 4.34. The average molecular weight is 365 g/mol. The van der Waals surface area contributed by atoms with E-state index in [1.54, 1.807) is 0 Å². The van der Waals surface area contributed by atoms with Crippen LogP contribution in [0.15, 0.2) is 66.7 Å². The monoisotopic (exact) mass is 364 g/mol. The molecule has 0 aromatic heterocycles.